The average Bonchev–Trinajstić information content (AvgIpc) is 2.56. The summed E-state index contributed by atoms with van der Waals surface area (Å²) in [6.07, 6.45) is 4.95. The number of hydrogen-bond acceptors (Lipinski definition) is 4. The molecule has 2 rings (SSSR count). The minimum absolute atomic E-state index is 0.0134. The Morgan fingerprint density at radius 1 is 1.45 bits per heavy atom. The van der Waals surface area contributed by atoms with Gasteiger partial charge in [-0.25, -0.2) is 0 Å². The lowest BCUT2D eigenvalue weighted by molar-refractivity contribution is -0.134. The molecule has 1 aliphatic rings. The second-order valence-electron chi connectivity index (χ2n) is 5.40. The monoisotopic (exact) mass is 304 g/mol. The Morgan fingerprint density at radius 3 is 3.05 bits per heavy atom. The van der Waals surface area contributed by atoms with Gasteiger partial charge in [0.1, 0.15) is 0 Å². The van der Waals surface area contributed by atoms with Crippen LogP contribution in [0, 0.1) is 0 Å². The third-order valence-corrected chi connectivity index (χ3v) is 3.80. The van der Waals surface area contributed by atoms with Gasteiger partial charge in [-0.1, -0.05) is 6.07 Å². The summed E-state index contributed by atoms with van der Waals surface area (Å²) in [5.41, 5.74) is 1.05. The van der Waals surface area contributed by atoms with Crippen molar-refractivity contribution in [2.24, 2.45) is 0 Å². The molecule has 2 N–H and O–H groups in total. The summed E-state index contributed by atoms with van der Waals surface area (Å²) in [5.74, 6) is 0.124. The second-order valence-corrected chi connectivity index (χ2v) is 5.40. The van der Waals surface area contributed by atoms with E-state index in [2.05, 4.69) is 15.6 Å². The Labute approximate surface area is 131 Å². The number of rotatable bonds is 6. The smallest absolute Gasteiger partial charge is 0.223 e. The van der Waals surface area contributed by atoms with E-state index in [1.807, 2.05) is 30.2 Å². The molecule has 0 aromatic carbocycles. The van der Waals surface area contributed by atoms with Crippen molar-refractivity contribution in [2.75, 3.05) is 26.2 Å². The van der Waals surface area contributed by atoms with Crippen molar-refractivity contribution in [3.8, 4) is 0 Å². The molecule has 2 heterocycles. The van der Waals surface area contributed by atoms with Gasteiger partial charge >= 0.3 is 0 Å². The van der Waals surface area contributed by atoms with Crippen molar-refractivity contribution in [3.63, 3.8) is 0 Å². The van der Waals surface area contributed by atoms with Gasteiger partial charge in [-0.2, -0.15) is 0 Å². The number of amides is 2. The van der Waals surface area contributed by atoms with Crippen LogP contribution in [0.25, 0.3) is 0 Å². The van der Waals surface area contributed by atoms with Crippen molar-refractivity contribution in [2.45, 2.75) is 32.2 Å². The van der Waals surface area contributed by atoms with Gasteiger partial charge < -0.3 is 15.5 Å². The number of piperazine rings is 1. The van der Waals surface area contributed by atoms with Crippen LogP contribution in [-0.2, 0) is 9.59 Å². The van der Waals surface area contributed by atoms with Crippen molar-refractivity contribution >= 4 is 11.8 Å². The van der Waals surface area contributed by atoms with E-state index in [1.165, 1.54) is 0 Å². The molecule has 1 aliphatic heterocycles. The molecule has 2 amide bonds. The van der Waals surface area contributed by atoms with Crippen LogP contribution in [0.3, 0.4) is 0 Å². The van der Waals surface area contributed by atoms with Crippen molar-refractivity contribution < 1.29 is 9.59 Å². The quantitative estimate of drug-likeness (QED) is 0.817. The first kappa shape index (κ1) is 16.4. The van der Waals surface area contributed by atoms with E-state index < -0.39 is 0 Å². The number of carbonyl (C=O) groups excluding carboxylic acids is 2. The molecule has 0 bridgehead atoms. The van der Waals surface area contributed by atoms with Crippen molar-refractivity contribution in [1.29, 1.82) is 0 Å². The zero-order valence-corrected chi connectivity index (χ0v) is 13.0. The van der Waals surface area contributed by atoms with Gasteiger partial charge in [-0.05, 0) is 25.0 Å². The number of pyridine rings is 1. The largest absolute Gasteiger partial charge is 0.356 e. The van der Waals surface area contributed by atoms with Crippen LogP contribution < -0.4 is 10.6 Å². The van der Waals surface area contributed by atoms with Gasteiger partial charge in [-0.3, -0.25) is 14.6 Å². The molecule has 0 radical (unpaired) electrons. The predicted molar refractivity (Wildman–Crippen MR) is 84.1 cm³/mol. The number of hydrogen-bond donors (Lipinski definition) is 2. The first-order valence-corrected chi connectivity index (χ1v) is 7.89. The van der Waals surface area contributed by atoms with E-state index in [9.17, 15) is 9.59 Å². The van der Waals surface area contributed by atoms with E-state index in [4.69, 9.17) is 0 Å². The van der Waals surface area contributed by atoms with Gasteiger partial charge in [0, 0.05) is 51.4 Å². The molecular weight excluding hydrogens is 280 g/mol. The predicted octanol–water partition coefficient (Wildman–Crippen LogP) is 0.861. The topological polar surface area (TPSA) is 74.3 Å². The fourth-order valence-corrected chi connectivity index (χ4v) is 2.70. The van der Waals surface area contributed by atoms with E-state index in [0.717, 1.165) is 18.7 Å². The Morgan fingerprint density at radius 2 is 2.32 bits per heavy atom. The summed E-state index contributed by atoms with van der Waals surface area (Å²) in [4.78, 5) is 29.9. The number of nitrogens with one attached hydrogen (secondary N) is 2. The molecule has 1 unspecified atom stereocenters. The maximum Gasteiger partial charge on any atom is 0.223 e. The van der Waals surface area contributed by atoms with E-state index >= 15 is 0 Å². The minimum atomic E-state index is 0.0134. The average molecular weight is 304 g/mol. The zero-order valence-electron chi connectivity index (χ0n) is 13.0. The van der Waals surface area contributed by atoms with Crippen molar-refractivity contribution in [1.82, 2.24) is 20.5 Å². The molecule has 22 heavy (non-hydrogen) atoms. The summed E-state index contributed by atoms with van der Waals surface area (Å²) < 4.78 is 0. The molecule has 0 spiro atoms. The lowest BCUT2D eigenvalue weighted by Gasteiger charge is -2.36. The first-order valence-electron chi connectivity index (χ1n) is 7.89. The first-order chi connectivity index (χ1) is 10.7. The van der Waals surface area contributed by atoms with E-state index in [1.54, 1.807) is 6.20 Å². The van der Waals surface area contributed by atoms with Crippen molar-refractivity contribution in [3.05, 3.63) is 30.1 Å². The molecule has 1 saturated heterocycles. The van der Waals surface area contributed by atoms with Crippen LogP contribution in [-0.4, -0.2) is 47.9 Å². The van der Waals surface area contributed by atoms with E-state index in [-0.39, 0.29) is 17.9 Å². The maximum absolute atomic E-state index is 12.5. The van der Waals surface area contributed by atoms with Gasteiger partial charge in [0.2, 0.25) is 11.8 Å². The standard InChI is InChI=1S/C16H24N4O2/c1-2-19-15(21)6-3-7-16(22)20-10-9-18-12-14(20)13-5-4-8-17-11-13/h4-5,8,11,14,18H,2-3,6-7,9-10,12H2,1H3,(H,19,21). The van der Waals surface area contributed by atoms with Crippen LogP contribution in [0.4, 0.5) is 0 Å². The lowest BCUT2D eigenvalue weighted by atomic mass is 10.0. The summed E-state index contributed by atoms with van der Waals surface area (Å²) in [7, 11) is 0. The molecule has 6 nitrogen and oxygen atoms in total. The van der Waals surface area contributed by atoms with Crippen LogP contribution in [0.1, 0.15) is 37.8 Å². The highest BCUT2D eigenvalue weighted by Crippen LogP contribution is 2.22. The summed E-state index contributed by atoms with van der Waals surface area (Å²) in [6.45, 7) is 4.77. The third-order valence-electron chi connectivity index (χ3n) is 3.80. The summed E-state index contributed by atoms with van der Waals surface area (Å²) in [5, 5.41) is 6.07. The molecule has 1 atom stereocenters. The molecule has 6 heteroatoms. The van der Waals surface area contributed by atoms with Gasteiger partial charge in [0.25, 0.3) is 0 Å². The third kappa shape index (κ3) is 4.53. The number of nitrogens with zero attached hydrogens (tertiary/aromatic N) is 2. The van der Waals surface area contributed by atoms with Crippen LogP contribution in [0.15, 0.2) is 24.5 Å². The highest BCUT2D eigenvalue weighted by molar-refractivity contribution is 5.79. The molecular formula is C16H24N4O2. The summed E-state index contributed by atoms with van der Waals surface area (Å²) in [6, 6.07) is 3.92. The van der Waals surface area contributed by atoms with Gasteiger partial charge in [-0.15, -0.1) is 0 Å². The molecule has 0 saturated carbocycles. The lowest BCUT2D eigenvalue weighted by Crippen LogP contribution is -2.48. The molecule has 120 valence electrons. The van der Waals surface area contributed by atoms with Crippen LogP contribution in [0.2, 0.25) is 0 Å². The number of aromatic nitrogens is 1. The normalized spacial score (nSPS) is 18.0. The fourth-order valence-electron chi connectivity index (χ4n) is 2.70. The zero-order chi connectivity index (χ0) is 15.8. The fraction of sp³-hybridized carbons (Fsp3) is 0.562. The molecule has 1 aromatic heterocycles. The highest BCUT2D eigenvalue weighted by atomic mass is 16.2. The number of carbonyl (C=O) groups is 2. The molecule has 0 aliphatic carbocycles. The second kappa shape index (κ2) is 8.48. The molecule has 1 aromatic rings. The Hall–Kier alpha value is -1.95. The van der Waals surface area contributed by atoms with Crippen LogP contribution in [0.5, 0.6) is 0 Å². The Kier molecular flexibility index (Phi) is 6.33. The minimum Gasteiger partial charge on any atom is -0.356 e. The Balaban J connectivity index is 1.90. The highest BCUT2D eigenvalue weighted by Gasteiger charge is 2.27. The Bertz CT molecular complexity index is 492. The maximum atomic E-state index is 12.5. The summed E-state index contributed by atoms with van der Waals surface area (Å²) >= 11 is 0. The van der Waals surface area contributed by atoms with Gasteiger partial charge in [0.15, 0.2) is 0 Å². The molecule has 1 fully saturated rings. The van der Waals surface area contributed by atoms with Crippen LogP contribution >= 0.6 is 0 Å². The SMILES string of the molecule is CCNC(=O)CCCC(=O)N1CCNCC1c1cccnc1. The van der Waals surface area contributed by atoms with Gasteiger partial charge in [0.05, 0.1) is 6.04 Å². The van der Waals surface area contributed by atoms with E-state index in [0.29, 0.717) is 32.4 Å².